The molecule has 1 heterocycles. The van der Waals surface area contributed by atoms with E-state index in [1.165, 1.54) is 0 Å². The number of pyridine rings is 1. The van der Waals surface area contributed by atoms with Crippen molar-refractivity contribution in [2.45, 2.75) is 38.7 Å². The molecule has 0 amide bonds. The second-order valence-corrected chi connectivity index (χ2v) is 6.30. The van der Waals surface area contributed by atoms with Crippen molar-refractivity contribution >= 4 is 21.9 Å². The van der Waals surface area contributed by atoms with Gasteiger partial charge in [-0.2, -0.15) is 0 Å². The van der Waals surface area contributed by atoms with Gasteiger partial charge in [0.2, 0.25) is 0 Å². The van der Waals surface area contributed by atoms with Crippen LogP contribution in [0.25, 0.3) is 0 Å². The summed E-state index contributed by atoms with van der Waals surface area (Å²) in [6.45, 7) is 5.67. The summed E-state index contributed by atoms with van der Waals surface area (Å²) in [5.41, 5.74) is 0.571. The molecule has 0 aromatic carbocycles. The smallest absolute Gasteiger partial charge is 0.310 e. The number of ether oxygens (including phenoxy) is 1. The molecular formula is C13H16BrNO2. The van der Waals surface area contributed by atoms with Gasteiger partial charge in [0, 0.05) is 22.3 Å². The van der Waals surface area contributed by atoms with E-state index < -0.39 is 5.60 Å². The molecule has 3 nitrogen and oxygen atoms in total. The van der Waals surface area contributed by atoms with Crippen LogP contribution in [0.4, 0.5) is 0 Å². The lowest BCUT2D eigenvalue weighted by Gasteiger charge is -2.19. The van der Waals surface area contributed by atoms with Crippen LogP contribution in [-0.4, -0.2) is 16.6 Å². The Hall–Kier alpha value is -0.900. The van der Waals surface area contributed by atoms with E-state index >= 15 is 0 Å². The molecule has 4 heteroatoms. The van der Waals surface area contributed by atoms with Crippen molar-refractivity contribution in [1.82, 2.24) is 4.98 Å². The van der Waals surface area contributed by atoms with Gasteiger partial charge in [-0.3, -0.25) is 9.78 Å². The Morgan fingerprint density at radius 1 is 1.47 bits per heavy atom. The second kappa shape index (κ2) is 4.41. The molecule has 0 radical (unpaired) electrons. The summed E-state index contributed by atoms with van der Waals surface area (Å²) in [4.78, 5) is 16.1. The van der Waals surface area contributed by atoms with E-state index in [9.17, 15) is 4.79 Å². The zero-order valence-corrected chi connectivity index (χ0v) is 11.8. The van der Waals surface area contributed by atoms with Gasteiger partial charge in [-0.1, -0.05) is 0 Å². The van der Waals surface area contributed by atoms with E-state index in [0.29, 0.717) is 0 Å². The van der Waals surface area contributed by atoms with Crippen molar-refractivity contribution < 1.29 is 9.53 Å². The Balaban J connectivity index is 1.96. The number of hydrogen-bond acceptors (Lipinski definition) is 3. The van der Waals surface area contributed by atoms with Gasteiger partial charge in [-0.25, -0.2) is 0 Å². The van der Waals surface area contributed by atoms with E-state index in [1.54, 1.807) is 6.20 Å². The highest BCUT2D eigenvalue weighted by atomic mass is 79.9. The molecule has 92 valence electrons. The number of nitrogens with zero attached hydrogens (tertiary/aromatic N) is 1. The molecule has 1 aromatic rings. The highest BCUT2D eigenvalue weighted by Gasteiger charge is 2.47. The third kappa shape index (κ3) is 3.28. The van der Waals surface area contributed by atoms with Gasteiger partial charge in [-0.05, 0) is 55.3 Å². The lowest BCUT2D eigenvalue weighted by atomic mass is 10.2. The molecule has 1 aromatic heterocycles. The molecule has 1 aliphatic carbocycles. The minimum atomic E-state index is -0.405. The largest absolute Gasteiger partial charge is 0.460 e. The van der Waals surface area contributed by atoms with Crippen LogP contribution >= 0.6 is 15.9 Å². The molecule has 1 aliphatic rings. The first-order valence-electron chi connectivity index (χ1n) is 5.71. The maximum atomic E-state index is 11.8. The Morgan fingerprint density at radius 3 is 2.71 bits per heavy atom. The van der Waals surface area contributed by atoms with Gasteiger partial charge >= 0.3 is 5.97 Å². The van der Waals surface area contributed by atoms with Crippen LogP contribution in [0.3, 0.4) is 0 Å². The summed E-state index contributed by atoms with van der Waals surface area (Å²) in [5.74, 6) is 0.119. The molecule has 0 bridgehead atoms. The van der Waals surface area contributed by atoms with Crippen LogP contribution < -0.4 is 0 Å². The van der Waals surface area contributed by atoms with Crippen molar-refractivity contribution in [1.29, 1.82) is 0 Å². The van der Waals surface area contributed by atoms with E-state index in [-0.39, 0.29) is 17.8 Å². The number of aromatic nitrogens is 1. The molecule has 17 heavy (non-hydrogen) atoms. The fourth-order valence-corrected chi connectivity index (χ4v) is 2.00. The molecule has 1 saturated carbocycles. The Kier molecular flexibility index (Phi) is 3.25. The van der Waals surface area contributed by atoms with Gasteiger partial charge in [0.15, 0.2) is 0 Å². The maximum absolute atomic E-state index is 11.8. The SMILES string of the molecule is CC(C)(C)OC(=O)C1CC1c1ccc(Br)cn1. The Labute approximate surface area is 110 Å². The molecule has 2 atom stereocenters. The third-order valence-corrected chi connectivity index (χ3v) is 3.10. The van der Waals surface area contributed by atoms with Crippen LogP contribution in [0.2, 0.25) is 0 Å². The van der Waals surface area contributed by atoms with E-state index in [4.69, 9.17) is 4.74 Å². The van der Waals surface area contributed by atoms with E-state index in [0.717, 1.165) is 16.6 Å². The van der Waals surface area contributed by atoms with Gasteiger partial charge < -0.3 is 4.74 Å². The number of esters is 1. The monoisotopic (exact) mass is 297 g/mol. The summed E-state index contributed by atoms with van der Waals surface area (Å²) in [7, 11) is 0. The van der Waals surface area contributed by atoms with E-state index in [2.05, 4.69) is 20.9 Å². The standard InChI is InChI=1S/C13H16BrNO2/c1-13(2,3)17-12(16)10-6-9(10)11-5-4-8(14)7-15-11/h4-5,7,9-10H,6H2,1-3H3. The first kappa shape index (κ1) is 12.6. The number of carbonyl (C=O) groups excluding carboxylic acids is 1. The molecular weight excluding hydrogens is 282 g/mol. The van der Waals surface area contributed by atoms with Crippen LogP contribution in [0.5, 0.6) is 0 Å². The van der Waals surface area contributed by atoms with Gasteiger partial charge in [0.1, 0.15) is 5.60 Å². The topological polar surface area (TPSA) is 39.2 Å². The molecule has 1 fully saturated rings. The highest BCUT2D eigenvalue weighted by Crippen LogP contribution is 2.47. The second-order valence-electron chi connectivity index (χ2n) is 5.38. The zero-order valence-electron chi connectivity index (χ0n) is 10.2. The van der Waals surface area contributed by atoms with Gasteiger partial charge in [-0.15, -0.1) is 0 Å². The Bertz CT molecular complexity index is 422. The average molecular weight is 298 g/mol. The van der Waals surface area contributed by atoms with Gasteiger partial charge in [0.05, 0.1) is 5.92 Å². The molecule has 0 saturated heterocycles. The minimum absolute atomic E-state index is 0.0112. The van der Waals surface area contributed by atoms with Crippen molar-refractivity contribution in [3.8, 4) is 0 Å². The van der Waals surface area contributed by atoms with Crippen LogP contribution in [0.1, 0.15) is 38.8 Å². The molecule has 0 N–H and O–H groups in total. The first-order valence-corrected chi connectivity index (χ1v) is 6.50. The summed E-state index contributed by atoms with van der Waals surface area (Å²) < 4.78 is 6.32. The third-order valence-electron chi connectivity index (χ3n) is 2.63. The zero-order chi connectivity index (χ0) is 12.6. The van der Waals surface area contributed by atoms with Crippen LogP contribution in [0, 0.1) is 5.92 Å². The van der Waals surface area contributed by atoms with E-state index in [1.807, 2.05) is 32.9 Å². The summed E-state index contributed by atoms with van der Waals surface area (Å²) in [5, 5.41) is 0. The molecule has 2 unspecified atom stereocenters. The predicted octanol–water partition coefficient (Wildman–Crippen LogP) is 3.29. The lowest BCUT2D eigenvalue weighted by Crippen LogP contribution is -2.25. The van der Waals surface area contributed by atoms with Crippen LogP contribution in [-0.2, 0) is 9.53 Å². The van der Waals surface area contributed by atoms with Crippen LogP contribution in [0.15, 0.2) is 22.8 Å². The number of carbonyl (C=O) groups is 1. The fourth-order valence-electron chi connectivity index (χ4n) is 1.77. The fraction of sp³-hybridized carbons (Fsp3) is 0.538. The predicted molar refractivity (Wildman–Crippen MR) is 68.6 cm³/mol. The number of rotatable bonds is 2. The van der Waals surface area contributed by atoms with Crippen molar-refractivity contribution in [3.05, 3.63) is 28.5 Å². The highest BCUT2D eigenvalue weighted by molar-refractivity contribution is 9.10. The normalized spacial score (nSPS) is 23.3. The molecule has 0 aliphatic heterocycles. The average Bonchev–Trinajstić information content (AvgIpc) is 2.96. The van der Waals surface area contributed by atoms with Gasteiger partial charge in [0.25, 0.3) is 0 Å². The van der Waals surface area contributed by atoms with Crippen molar-refractivity contribution in [3.63, 3.8) is 0 Å². The van der Waals surface area contributed by atoms with Crippen molar-refractivity contribution in [2.75, 3.05) is 0 Å². The number of hydrogen-bond donors (Lipinski definition) is 0. The quantitative estimate of drug-likeness (QED) is 0.786. The van der Waals surface area contributed by atoms with Crippen molar-refractivity contribution in [2.24, 2.45) is 5.92 Å². The first-order chi connectivity index (χ1) is 7.87. The Morgan fingerprint density at radius 2 is 2.18 bits per heavy atom. The molecule has 0 spiro atoms. The summed E-state index contributed by atoms with van der Waals surface area (Å²) in [6, 6.07) is 3.91. The molecule has 2 rings (SSSR count). The number of halogens is 1. The minimum Gasteiger partial charge on any atom is -0.460 e. The summed E-state index contributed by atoms with van der Waals surface area (Å²) in [6.07, 6.45) is 2.61. The summed E-state index contributed by atoms with van der Waals surface area (Å²) >= 11 is 3.34. The lowest BCUT2D eigenvalue weighted by molar-refractivity contribution is -0.156. The maximum Gasteiger partial charge on any atom is 0.310 e.